The highest BCUT2D eigenvalue weighted by Crippen LogP contribution is 2.25. The first-order valence-corrected chi connectivity index (χ1v) is 8.22. The van der Waals surface area contributed by atoms with E-state index in [4.69, 9.17) is 0 Å². The van der Waals surface area contributed by atoms with Crippen molar-refractivity contribution in [2.75, 3.05) is 25.0 Å². The Labute approximate surface area is 115 Å². The highest BCUT2D eigenvalue weighted by molar-refractivity contribution is 9.09. The van der Waals surface area contributed by atoms with Crippen LogP contribution in [0.25, 0.3) is 0 Å². The molecule has 1 saturated carbocycles. The van der Waals surface area contributed by atoms with Crippen LogP contribution in [0.15, 0.2) is 0 Å². The zero-order chi connectivity index (χ0) is 12.7. The molecule has 1 unspecified atom stereocenters. The molecule has 0 amide bonds. The number of hydrogen-bond acceptors (Lipinski definition) is 2. The van der Waals surface area contributed by atoms with E-state index in [1.165, 1.54) is 32.1 Å². The minimum Gasteiger partial charge on any atom is -0.395 e. The maximum absolute atomic E-state index is 9.24. The number of nitrogens with zero attached hydrogens (tertiary/aromatic N) is 1. The molecule has 17 heavy (non-hydrogen) atoms. The van der Waals surface area contributed by atoms with Crippen molar-refractivity contribution >= 4 is 15.9 Å². The van der Waals surface area contributed by atoms with E-state index < -0.39 is 0 Å². The van der Waals surface area contributed by atoms with Gasteiger partial charge < -0.3 is 5.11 Å². The minimum atomic E-state index is 0.295. The van der Waals surface area contributed by atoms with Gasteiger partial charge in [0.15, 0.2) is 0 Å². The van der Waals surface area contributed by atoms with Crippen molar-refractivity contribution < 1.29 is 5.11 Å². The molecule has 0 aromatic rings. The molecule has 2 nitrogen and oxygen atoms in total. The van der Waals surface area contributed by atoms with Gasteiger partial charge in [-0.05, 0) is 24.7 Å². The van der Waals surface area contributed by atoms with Crippen molar-refractivity contribution in [3.8, 4) is 0 Å². The van der Waals surface area contributed by atoms with E-state index >= 15 is 0 Å². The number of halogens is 1. The van der Waals surface area contributed by atoms with E-state index in [2.05, 4.69) is 34.7 Å². The second-order valence-electron chi connectivity index (χ2n) is 5.67. The van der Waals surface area contributed by atoms with Gasteiger partial charge in [-0.15, -0.1) is 0 Å². The third-order valence-electron chi connectivity index (χ3n) is 4.09. The van der Waals surface area contributed by atoms with Gasteiger partial charge >= 0.3 is 0 Å². The summed E-state index contributed by atoms with van der Waals surface area (Å²) in [5, 5.41) is 10.3. The van der Waals surface area contributed by atoms with Crippen LogP contribution in [0.1, 0.15) is 46.0 Å². The van der Waals surface area contributed by atoms with E-state index in [9.17, 15) is 5.11 Å². The van der Waals surface area contributed by atoms with Gasteiger partial charge in [0, 0.05) is 24.5 Å². The van der Waals surface area contributed by atoms with Crippen LogP contribution in [-0.2, 0) is 0 Å². The molecule has 1 fully saturated rings. The van der Waals surface area contributed by atoms with Gasteiger partial charge in [0.25, 0.3) is 0 Å². The lowest BCUT2D eigenvalue weighted by Gasteiger charge is -2.37. The highest BCUT2D eigenvalue weighted by Gasteiger charge is 2.24. The van der Waals surface area contributed by atoms with Crippen LogP contribution in [0.2, 0.25) is 0 Å². The molecule has 1 rings (SSSR count). The summed E-state index contributed by atoms with van der Waals surface area (Å²) in [6.07, 6.45) is 6.79. The molecule has 1 aliphatic carbocycles. The summed E-state index contributed by atoms with van der Waals surface area (Å²) in [6, 6.07) is 0.719. The van der Waals surface area contributed by atoms with Crippen LogP contribution in [0.5, 0.6) is 0 Å². The zero-order valence-electron chi connectivity index (χ0n) is 11.4. The van der Waals surface area contributed by atoms with E-state index in [1.54, 1.807) is 0 Å². The van der Waals surface area contributed by atoms with Crippen molar-refractivity contribution in [3.05, 3.63) is 0 Å². The second-order valence-corrected chi connectivity index (χ2v) is 6.32. The van der Waals surface area contributed by atoms with Crippen LogP contribution < -0.4 is 0 Å². The second kappa shape index (κ2) is 8.49. The fourth-order valence-electron chi connectivity index (χ4n) is 2.74. The van der Waals surface area contributed by atoms with Gasteiger partial charge in [-0.25, -0.2) is 0 Å². The first-order chi connectivity index (χ1) is 8.19. The largest absolute Gasteiger partial charge is 0.395 e. The van der Waals surface area contributed by atoms with E-state index in [1.807, 2.05) is 0 Å². The average molecular weight is 306 g/mol. The average Bonchev–Trinajstić information content (AvgIpc) is 2.35. The first-order valence-electron chi connectivity index (χ1n) is 7.10. The summed E-state index contributed by atoms with van der Waals surface area (Å²) in [5.41, 5.74) is 0. The summed E-state index contributed by atoms with van der Waals surface area (Å²) in [6.45, 7) is 6.87. The summed E-state index contributed by atoms with van der Waals surface area (Å²) < 4.78 is 0. The zero-order valence-corrected chi connectivity index (χ0v) is 13.0. The Bertz CT molecular complexity index is 193. The molecule has 0 saturated heterocycles. The molecule has 1 N–H and O–H groups in total. The third-order valence-corrected chi connectivity index (χ3v) is 4.92. The fourth-order valence-corrected chi connectivity index (χ4v) is 3.69. The lowest BCUT2D eigenvalue weighted by Crippen LogP contribution is -2.43. The standard InChI is InChI=1S/C14H28BrNO/c1-12(2)13(10-15)11-16(8-9-17)14-6-4-3-5-7-14/h12-14,17H,3-11H2,1-2H3. The Morgan fingerprint density at radius 2 is 1.88 bits per heavy atom. The van der Waals surface area contributed by atoms with Crippen LogP contribution in [-0.4, -0.2) is 41.1 Å². The number of hydrogen-bond donors (Lipinski definition) is 1. The van der Waals surface area contributed by atoms with E-state index in [-0.39, 0.29) is 0 Å². The van der Waals surface area contributed by atoms with Crippen LogP contribution in [0.3, 0.4) is 0 Å². The number of rotatable bonds is 7. The van der Waals surface area contributed by atoms with Gasteiger partial charge in [0.1, 0.15) is 0 Å². The Morgan fingerprint density at radius 1 is 1.24 bits per heavy atom. The SMILES string of the molecule is CC(C)C(CBr)CN(CCO)C1CCCCC1. The van der Waals surface area contributed by atoms with Gasteiger partial charge in [-0.2, -0.15) is 0 Å². The van der Waals surface area contributed by atoms with Gasteiger partial charge in [-0.3, -0.25) is 4.90 Å². The monoisotopic (exact) mass is 305 g/mol. The van der Waals surface area contributed by atoms with Gasteiger partial charge in [0.2, 0.25) is 0 Å². The molecule has 1 atom stereocenters. The smallest absolute Gasteiger partial charge is 0.0558 e. The molecule has 1 aliphatic rings. The summed E-state index contributed by atoms with van der Waals surface area (Å²) >= 11 is 3.63. The van der Waals surface area contributed by atoms with Crippen LogP contribution in [0, 0.1) is 11.8 Å². The topological polar surface area (TPSA) is 23.5 Å². The summed E-state index contributed by atoms with van der Waals surface area (Å²) in [7, 11) is 0. The molecule has 3 heteroatoms. The van der Waals surface area contributed by atoms with Crippen molar-refractivity contribution in [1.29, 1.82) is 0 Å². The molecule has 0 aliphatic heterocycles. The number of aliphatic hydroxyl groups is 1. The van der Waals surface area contributed by atoms with Crippen LogP contribution >= 0.6 is 15.9 Å². The third kappa shape index (κ3) is 5.27. The maximum atomic E-state index is 9.24. The lowest BCUT2D eigenvalue weighted by molar-refractivity contribution is 0.101. The predicted molar refractivity (Wildman–Crippen MR) is 77.7 cm³/mol. The Morgan fingerprint density at radius 3 is 2.35 bits per heavy atom. The molecule has 0 radical (unpaired) electrons. The van der Waals surface area contributed by atoms with Crippen molar-refractivity contribution in [1.82, 2.24) is 4.90 Å². The normalized spacial score (nSPS) is 20.1. The van der Waals surface area contributed by atoms with Crippen molar-refractivity contribution in [2.45, 2.75) is 52.0 Å². The van der Waals surface area contributed by atoms with Crippen molar-refractivity contribution in [3.63, 3.8) is 0 Å². The molecule has 0 aromatic carbocycles. The van der Waals surface area contributed by atoms with Crippen molar-refractivity contribution in [2.24, 2.45) is 11.8 Å². The molecule has 0 bridgehead atoms. The molecule has 102 valence electrons. The summed E-state index contributed by atoms with van der Waals surface area (Å²) in [5.74, 6) is 1.41. The Hall–Kier alpha value is 0.400. The Kier molecular flexibility index (Phi) is 7.72. The quantitative estimate of drug-likeness (QED) is 0.730. The Balaban J connectivity index is 2.51. The minimum absolute atomic E-state index is 0.295. The molecule has 0 heterocycles. The maximum Gasteiger partial charge on any atom is 0.0558 e. The van der Waals surface area contributed by atoms with Gasteiger partial charge in [-0.1, -0.05) is 49.0 Å². The first kappa shape index (κ1) is 15.5. The number of alkyl halides is 1. The van der Waals surface area contributed by atoms with E-state index in [0.29, 0.717) is 18.4 Å². The molecular formula is C14H28BrNO. The highest BCUT2D eigenvalue weighted by atomic mass is 79.9. The van der Waals surface area contributed by atoms with E-state index in [0.717, 1.165) is 24.5 Å². The molecule has 0 aromatic heterocycles. The molecular weight excluding hydrogens is 278 g/mol. The summed E-state index contributed by atoms with van der Waals surface area (Å²) in [4.78, 5) is 2.53. The molecule has 0 spiro atoms. The fraction of sp³-hybridized carbons (Fsp3) is 1.00. The van der Waals surface area contributed by atoms with Crippen LogP contribution in [0.4, 0.5) is 0 Å². The predicted octanol–water partition coefficient (Wildman–Crippen LogP) is 3.28. The van der Waals surface area contributed by atoms with Gasteiger partial charge in [0.05, 0.1) is 6.61 Å². The number of aliphatic hydroxyl groups excluding tert-OH is 1. The lowest BCUT2D eigenvalue weighted by atomic mass is 9.91.